The maximum absolute atomic E-state index is 12.0. The van der Waals surface area contributed by atoms with E-state index in [4.69, 9.17) is 0 Å². The van der Waals surface area contributed by atoms with Crippen LogP contribution in [0.1, 0.15) is 37.7 Å². The molecule has 3 fully saturated rings. The second-order valence-corrected chi connectivity index (χ2v) is 8.20. The lowest BCUT2D eigenvalue weighted by Crippen LogP contribution is -2.51. The fraction of sp³-hybridized carbons (Fsp3) is 0.571. The van der Waals surface area contributed by atoms with Gasteiger partial charge >= 0.3 is 0 Å². The van der Waals surface area contributed by atoms with E-state index in [9.17, 15) is 9.59 Å². The molecule has 0 aliphatic carbocycles. The van der Waals surface area contributed by atoms with Gasteiger partial charge < -0.3 is 20.4 Å². The molecule has 1 atom stereocenters. The molecule has 3 aliphatic heterocycles. The minimum atomic E-state index is 0.0446. The zero-order valence-electron chi connectivity index (χ0n) is 16.5. The molecule has 3 aliphatic rings. The summed E-state index contributed by atoms with van der Waals surface area (Å²) in [5.74, 6) is 1.25. The van der Waals surface area contributed by atoms with Gasteiger partial charge in [0, 0.05) is 63.7 Å². The summed E-state index contributed by atoms with van der Waals surface area (Å²) >= 11 is 0. The molecule has 0 bridgehead atoms. The topological polar surface area (TPSA) is 77.0 Å². The third-order valence-electron chi connectivity index (χ3n) is 6.12. The van der Waals surface area contributed by atoms with Gasteiger partial charge in [0.1, 0.15) is 0 Å². The minimum Gasteiger partial charge on any atom is -0.355 e. The van der Waals surface area contributed by atoms with E-state index < -0.39 is 0 Å². The Kier molecular flexibility index (Phi) is 5.24. The summed E-state index contributed by atoms with van der Waals surface area (Å²) in [5, 5.41) is 6.46. The normalized spacial score (nSPS) is 25.5. The molecule has 3 heterocycles. The third kappa shape index (κ3) is 3.84. The van der Waals surface area contributed by atoms with Gasteiger partial charge in [-0.05, 0) is 37.0 Å². The highest BCUT2D eigenvalue weighted by Gasteiger charge is 2.42. The standard InChI is InChI=1S/C21H29N5O2/c1-22-20(25-9-4-8-21(15-25)12-18(27)24-14-21)23-13-16-5-2-6-17(11-16)26-10-3-7-19(26)28/h2,5-6,11H,3-4,7-10,12-15H2,1H3,(H,22,23)(H,24,27). The van der Waals surface area contributed by atoms with Crippen molar-refractivity contribution >= 4 is 23.5 Å². The summed E-state index contributed by atoms with van der Waals surface area (Å²) in [6, 6.07) is 8.16. The van der Waals surface area contributed by atoms with Crippen molar-refractivity contribution in [2.45, 2.75) is 38.6 Å². The van der Waals surface area contributed by atoms with Crippen LogP contribution in [0.3, 0.4) is 0 Å². The van der Waals surface area contributed by atoms with E-state index in [1.165, 1.54) is 0 Å². The first-order valence-electron chi connectivity index (χ1n) is 10.2. The number of hydrogen-bond acceptors (Lipinski definition) is 3. The quantitative estimate of drug-likeness (QED) is 0.612. The van der Waals surface area contributed by atoms with Crippen LogP contribution < -0.4 is 15.5 Å². The first-order chi connectivity index (χ1) is 13.6. The second-order valence-electron chi connectivity index (χ2n) is 8.20. The van der Waals surface area contributed by atoms with Crippen LogP contribution >= 0.6 is 0 Å². The molecule has 1 unspecified atom stereocenters. The van der Waals surface area contributed by atoms with Crippen molar-refractivity contribution in [3.05, 3.63) is 29.8 Å². The lowest BCUT2D eigenvalue weighted by atomic mass is 9.79. The summed E-state index contributed by atoms with van der Waals surface area (Å²) in [6.07, 6.45) is 4.35. The number of carbonyl (C=O) groups is 2. The van der Waals surface area contributed by atoms with E-state index in [1.807, 2.05) is 17.0 Å². The minimum absolute atomic E-state index is 0.0446. The average Bonchev–Trinajstić information content (AvgIpc) is 3.28. The van der Waals surface area contributed by atoms with Gasteiger partial charge in [0.25, 0.3) is 0 Å². The number of nitrogens with zero attached hydrogens (tertiary/aromatic N) is 3. The van der Waals surface area contributed by atoms with E-state index in [-0.39, 0.29) is 17.2 Å². The van der Waals surface area contributed by atoms with Crippen molar-refractivity contribution in [1.82, 2.24) is 15.5 Å². The van der Waals surface area contributed by atoms with Crippen LogP contribution in [0.5, 0.6) is 0 Å². The van der Waals surface area contributed by atoms with Gasteiger partial charge in [0.15, 0.2) is 5.96 Å². The Bertz CT molecular complexity index is 793. The van der Waals surface area contributed by atoms with Gasteiger partial charge in [-0.15, -0.1) is 0 Å². The van der Waals surface area contributed by atoms with Crippen LogP contribution in [0.2, 0.25) is 0 Å². The van der Waals surface area contributed by atoms with Crippen LogP contribution in [-0.2, 0) is 16.1 Å². The molecule has 1 aromatic rings. The van der Waals surface area contributed by atoms with Crippen molar-refractivity contribution in [1.29, 1.82) is 0 Å². The number of amides is 2. The molecule has 1 spiro atoms. The van der Waals surface area contributed by atoms with E-state index in [0.29, 0.717) is 19.4 Å². The molecule has 2 N–H and O–H groups in total. The lowest BCUT2D eigenvalue weighted by molar-refractivity contribution is -0.120. The molecule has 7 heteroatoms. The summed E-state index contributed by atoms with van der Waals surface area (Å²) in [6.45, 7) is 4.04. The number of hydrogen-bond donors (Lipinski definition) is 2. The molecule has 0 saturated carbocycles. The number of guanidine groups is 1. The Morgan fingerprint density at radius 2 is 2.18 bits per heavy atom. The first kappa shape index (κ1) is 18.8. The summed E-state index contributed by atoms with van der Waals surface area (Å²) in [4.78, 5) is 32.4. The fourth-order valence-electron chi connectivity index (χ4n) is 4.70. The highest BCUT2D eigenvalue weighted by atomic mass is 16.2. The summed E-state index contributed by atoms with van der Waals surface area (Å²) < 4.78 is 0. The first-order valence-corrected chi connectivity index (χ1v) is 10.2. The number of anilines is 1. The molecule has 2 amide bonds. The van der Waals surface area contributed by atoms with E-state index in [1.54, 1.807) is 7.05 Å². The number of nitrogens with one attached hydrogen (secondary N) is 2. The number of aliphatic imine (C=N–C) groups is 1. The van der Waals surface area contributed by atoms with Gasteiger partial charge in [0.05, 0.1) is 0 Å². The number of carbonyl (C=O) groups excluding carboxylic acids is 2. The largest absolute Gasteiger partial charge is 0.355 e. The summed E-state index contributed by atoms with van der Waals surface area (Å²) in [7, 11) is 1.81. The van der Waals surface area contributed by atoms with Gasteiger partial charge in [-0.2, -0.15) is 0 Å². The second kappa shape index (κ2) is 7.81. The Balaban J connectivity index is 1.39. The van der Waals surface area contributed by atoms with Crippen molar-refractivity contribution in [3.63, 3.8) is 0 Å². The van der Waals surface area contributed by atoms with E-state index in [0.717, 1.165) is 62.7 Å². The monoisotopic (exact) mass is 383 g/mol. The molecular formula is C21H29N5O2. The predicted octanol–water partition coefficient (Wildman–Crippen LogP) is 1.49. The molecule has 0 radical (unpaired) electrons. The maximum Gasteiger partial charge on any atom is 0.227 e. The number of piperidine rings is 1. The average molecular weight is 383 g/mol. The molecular weight excluding hydrogens is 354 g/mol. The lowest BCUT2D eigenvalue weighted by Gasteiger charge is -2.40. The van der Waals surface area contributed by atoms with Crippen molar-refractivity contribution in [3.8, 4) is 0 Å². The molecule has 150 valence electrons. The van der Waals surface area contributed by atoms with Gasteiger partial charge in [0.2, 0.25) is 11.8 Å². The Morgan fingerprint density at radius 1 is 1.29 bits per heavy atom. The van der Waals surface area contributed by atoms with E-state index >= 15 is 0 Å². The highest BCUT2D eigenvalue weighted by Crippen LogP contribution is 2.36. The number of likely N-dealkylation sites (tertiary alicyclic amines) is 1. The Hall–Kier alpha value is -2.57. The zero-order chi connectivity index (χ0) is 19.6. The molecule has 4 rings (SSSR count). The van der Waals surface area contributed by atoms with Crippen LogP contribution in [0, 0.1) is 5.41 Å². The molecule has 3 saturated heterocycles. The molecule has 0 aromatic heterocycles. The van der Waals surface area contributed by atoms with Crippen molar-refractivity contribution in [2.75, 3.05) is 38.1 Å². The Labute approximate surface area is 166 Å². The maximum atomic E-state index is 12.0. The van der Waals surface area contributed by atoms with Crippen molar-refractivity contribution < 1.29 is 9.59 Å². The van der Waals surface area contributed by atoms with Crippen LogP contribution in [0.4, 0.5) is 5.69 Å². The zero-order valence-corrected chi connectivity index (χ0v) is 16.5. The van der Waals surface area contributed by atoms with Gasteiger partial charge in [-0.3, -0.25) is 14.6 Å². The van der Waals surface area contributed by atoms with Gasteiger partial charge in [-0.25, -0.2) is 0 Å². The summed E-state index contributed by atoms with van der Waals surface area (Å²) in [5.41, 5.74) is 2.15. The molecule has 7 nitrogen and oxygen atoms in total. The van der Waals surface area contributed by atoms with E-state index in [2.05, 4.69) is 32.7 Å². The predicted molar refractivity (Wildman–Crippen MR) is 109 cm³/mol. The third-order valence-corrected chi connectivity index (χ3v) is 6.12. The highest BCUT2D eigenvalue weighted by molar-refractivity contribution is 5.95. The Morgan fingerprint density at radius 3 is 2.89 bits per heavy atom. The van der Waals surface area contributed by atoms with Crippen molar-refractivity contribution in [2.24, 2.45) is 10.4 Å². The number of rotatable bonds is 3. The van der Waals surface area contributed by atoms with Crippen LogP contribution in [-0.4, -0.2) is 55.9 Å². The SMILES string of the molecule is CN=C(NCc1cccc(N2CCCC2=O)c1)N1CCCC2(CNC(=O)C2)C1. The smallest absolute Gasteiger partial charge is 0.227 e. The fourth-order valence-corrected chi connectivity index (χ4v) is 4.70. The van der Waals surface area contributed by atoms with Crippen LogP contribution in [0.15, 0.2) is 29.3 Å². The van der Waals surface area contributed by atoms with Gasteiger partial charge in [-0.1, -0.05) is 12.1 Å². The molecule has 1 aromatic carbocycles. The van der Waals surface area contributed by atoms with Crippen LogP contribution in [0.25, 0.3) is 0 Å². The number of benzene rings is 1. The molecule has 28 heavy (non-hydrogen) atoms.